The van der Waals surface area contributed by atoms with Gasteiger partial charge in [-0.3, -0.25) is 4.79 Å². The SMILES string of the molecule is COC(CCC(NC(=O)c1ccccc1)C(=O)O)C(F)(F)F. The molecule has 0 bridgehead atoms. The van der Waals surface area contributed by atoms with Crippen molar-refractivity contribution in [2.75, 3.05) is 7.11 Å². The first-order valence-corrected chi connectivity index (χ1v) is 6.44. The van der Waals surface area contributed by atoms with Crippen LogP contribution in [-0.2, 0) is 9.53 Å². The molecule has 0 aliphatic rings. The molecule has 0 aliphatic heterocycles. The Morgan fingerprint density at radius 3 is 2.27 bits per heavy atom. The third kappa shape index (κ3) is 5.36. The lowest BCUT2D eigenvalue weighted by Gasteiger charge is -2.21. The predicted molar refractivity (Wildman–Crippen MR) is 71.4 cm³/mol. The van der Waals surface area contributed by atoms with Crippen LogP contribution in [0, 0.1) is 0 Å². The van der Waals surface area contributed by atoms with Gasteiger partial charge in [-0.1, -0.05) is 18.2 Å². The van der Waals surface area contributed by atoms with E-state index in [1.807, 2.05) is 0 Å². The Morgan fingerprint density at radius 1 is 1.23 bits per heavy atom. The molecule has 0 spiro atoms. The van der Waals surface area contributed by atoms with Gasteiger partial charge in [-0.25, -0.2) is 4.79 Å². The highest BCUT2D eigenvalue weighted by Gasteiger charge is 2.40. The molecule has 0 saturated carbocycles. The molecule has 1 amide bonds. The third-order valence-corrected chi connectivity index (χ3v) is 3.01. The van der Waals surface area contributed by atoms with Gasteiger partial charge in [0.05, 0.1) is 0 Å². The maximum atomic E-state index is 12.5. The molecule has 0 fully saturated rings. The molecule has 0 aliphatic carbocycles. The van der Waals surface area contributed by atoms with Crippen molar-refractivity contribution in [1.29, 1.82) is 0 Å². The van der Waals surface area contributed by atoms with Crippen LogP contribution in [0.15, 0.2) is 30.3 Å². The van der Waals surface area contributed by atoms with Crippen molar-refractivity contribution in [2.24, 2.45) is 0 Å². The van der Waals surface area contributed by atoms with Gasteiger partial charge in [0.25, 0.3) is 5.91 Å². The Bertz CT molecular complexity index is 505. The Labute approximate surface area is 125 Å². The van der Waals surface area contributed by atoms with E-state index in [2.05, 4.69) is 10.1 Å². The average Bonchev–Trinajstić information content (AvgIpc) is 2.45. The average molecular weight is 319 g/mol. The van der Waals surface area contributed by atoms with Crippen molar-refractivity contribution in [3.05, 3.63) is 35.9 Å². The maximum Gasteiger partial charge on any atom is 0.414 e. The minimum Gasteiger partial charge on any atom is -0.480 e. The second-order valence-electron chi connectivity index (χ2n) is 4.57. The van der Waals surface area contributed by atoms with Crippen LogP contribution in [0.25, 0.3) is 0 Å². The van der Waals surface area contributed by atoms with Gasteiger partial charge < -0.3 is 15.2 Å². The van der Waals surface area contributed by atoms with Crippen molar-refractivity contribution >= 4 is 11.9 Å². The highest BCUT2D eigenvalue weighted by molar-refractivity contribution is 5.96. The molecule has 0 saturated heterocycles. The summed E-state index contributed by atoms with van der Waals surface area (Å²) in [6, 6.07) is 6.39. The second kappa shape index (κ2) is 7.79. The summed E-state index contributed by atoms with van der Waals surface area (Å²) in [7, 11) is 0.899. The van der Waals surface area contributed by atoms with Crippen LogP contribution in [0.3, 0.4) is 0 Å². The highest BCUT2D eigenvalue weighted by atomic mass is 19.4. The van der Waals surface area contributed by atoms with Gasteiger partial charge >= 0.3 is 12.1 Å². The summed E-state index contributed by atoms with van der Waals surface area (Å²) in [5.74, 6) is -2.06. The normalized spacial score (nSPS) is 14.2. The second-order valence-corrected chi connectivity index (χ2v) is 4.57. The van der Waals surface area contributed by atoms with E-state index >= 15 is 0 Å². The van der Waals surface area contributed by atoms with Gasteiger partial charge in [-0.15, -0.1) is 0 Å². The summed E-state index contributed by atoms with van der Waals surface area (Å²) in [5.41, 5.74) is 0.230. The molecule has 2 unspecified atom stereocenters. The van der Waals surface area contributed by atoms with Crippen LogP contribution in [0.4, 0.5) is 13.2 Å². The smallest absolute Gasteiger partial charge is 0.414 e. The summed E-state index contributed by atoms with van der Waals surface area (Å²) in [5, 5.41) is 11.2. The quantitative estimate of drug-likeness (QED) is 0.808. The Morgan fingerprint density at radius 2 is 1.82 bits per heavy atom. The lowest BCUT2D eigenvalue weighted by molar-refractivity contribution is -0.215. The monoisotopic (exact) mass is 319 g/mol. The lowest BCUT2D eigenvalue weighted by atomic mass is 10.1. The van der Waals surface area contributed by atoms with E-state index in [4.69, 9.17) is 5.11 Å². The number of carboxylic acids is 1. The summed E-state index contributed by atoms with van der Waals surface area (Å²) in [4.78, 5) is 22.9. The van der Waals surface area contributed by atoms with Crippen LogP contribution in [0.2, 0.25) is 0 Å². The molecular formula is C14H16F3NO4. The van der Waals surface area contributed by atoms with Crippen LogP contribution in [0.1, 0.15) is 23.2 Å². The minimum absolute atomic E-state index is 0.230. The van der Waals surface area contributed by atoms with Crippen LogP contribution in [-0.4, -0.2) is 42.4 Å². The van der Waals surface area contributed by atoms with Gasteiger partial charge in [0.15, 0.2) is 6.10 Å². The summed E-state index contributed by atoms with van der Waals surface area (Å²) in [6.45, 7) is 0. The number of carboxylic acid groups (broad SMARTS) is 1. The first-order valence-electron chi connectivity index (χ1n) is 6.44. The fourth-order valence-corrected chi connectivity index (χ4v) is 1.82. The standard InChI is InChI=1S/C14H16F3NO4/c1-22-11(14(15,16)17)8-7-10(13(20)21)18-12(19)9-5-3-2-4-6-9/h2-6,10-11H,7-8H2,1H3,(H,18,19)(H,20,21). The molecule has 0 radical (unpaired) electrons. The molecule has 22 heavy (non-hydrogen) atoms. The van der Waals surface area contributed by atoms with E-state index in [0.717, 1.165) is 7.11 Å². The van der Waals surface area contributed by atoms with Gasteiger partial charge in [0.2, 0.25) is 0 Å². The first-order chi connectivity index (χ1) is 10.3. The molecule has 1 rings (SSSR count). The minimum atomic E-state index is -4.58. The predicted octanol–water partition coefficient (Wildman–Crippen LogP) is 2.23. The number of carbonyl (C=O) groups excluding carboxylic acids is 1. The summed E-state index contributed by atoms with van der Waals surface area (Å²) in [6.07, 6.45) is -7.61. The van der Waals surface area contributed by atoms with E-state index in [0.29, 0.717) is 0 Å². The topological polar surface area (TPSA) is 75.6 Å². The van der Waals surface area contributed by atoms with E-state index in [-0.39, 0.29) is 5.56 Å². The van der Waals surface area contributed by atoms with E-state index < -0.39 is 43.0 Å². The molecule has 1 aromatic carbocycles. The maximum absolute atomic E-state index is 12.5. The number of amides is 1. The van der Waals surface area contributed by atoms with Crippen molar-refractivity contribution < 1.29 is 32.6 Å². The molecule has 2 N–H and O–H groups in total. The number of benzene rings is 1. The number of aliphatic carboxylic acids is 1. The zero-order chi connectivity index (χ0) is 16.8. The number of halogens is 3. The summed E-state index contributed by atoms with van der Waals surface area (Å²) >= 11 is 0. The number of carbonyl (C=O) groups is 2. The van der Waals surface area contributed by atoms with Crippen molar-refractivity contribution in [1.82, 2.24) is 5.32 Å². The van der Waals surface area contributed by atoms with Crippen molar-refractivity contribution in [3.8, 4) is 0 Å². The van der Waals surface area contributed by atoms with Gasteiger partial charge in [0.1, 0.15) is 6.04 Å². The fourth-order valence-electron chi connectivity index (χ4n) is 1.82. The Hall–Kier alpha value is -2.09. The number of hydrogen-bond donors (Lipinski definition) is 2. The third-order valence-electron chi connectivity index (χ3n) is 3.01. The number of ether oxygens (including phenoxy) is 1. The van der Waals surface area contributed by atoms with Crippen LogP contribution < -0.4 is 5.32 Å². The van der Waals surface area contributed by atoms with Crippen LogP contribution >= 0.6 is 0 Å². The number of nitrogens with one attached hydrogen (secondary N) is 1. The Balaban J connectivity index is 2.67. The zero-order valence-corrected chi connectivity index (χ0v) is 11.8. The zero-order valence-electron chi connectivity index (χ0n) is 11.8. The Kier molecular flexibility index (Phi) is 6.36. The van der Waals surface area contributed by atoms with Crippen molar-refractivity contribution in [3.63, 3.8) is 0 Å². The molecule has 0 aromatic heterocycles. The van der Waals surface area contributed by atoms with Crippen LogP contribution in [0.5, 0.6) is 0 Å². The largest absolute Gasteiger partial charge is 0.480 e. The van der Waals surface area contributed by atoms with E-state index in [1.54, 1.807) is 18.2 Å². The van der Waals surface area contributed by atoms with Crippen molar-refractivity contribution in [2.45, 2.75) is 31.2 Å². The first kappa shape index (κ1) is 18.0. The van der Waals surface area contributed by atoms with Gasteiger partial charge in [-0.2, -0.15) is 13.2 Å². The molecular weight excluding hydrogens is 303 g/mol. The molecule has 2 atom stereocenters. The molecule has 0 heterocycles. The number of methoxy groups -OCH3 is 1. The fraction of sp³-hybridized carbons (Fsp3) is 0.429. The molecule has 5 nitrogen and oxygen atoms in total. The van der Waals surface area contributed by atoms with E-state index in [1.165, 1.54) is 12.1 Å². The highest BCUT2D eigenvalue weighted by Crippen LogP contribution is 2.26. The summed E-state index contributed by atoms with van der Waals surface area (Å²) < 4.78 is 41.9. The van der Waals surface area contributed by atoms with E-state index in [9.17, 15) is 22.8 Å². The number of alkyl halides is 3. The number of hydrogen-bond acceptors (Lipinski definition) is 3. The molecule has 1 aromatic rings. The van der Waals surface area contributed by atoms with Gasteiger partial charge in [0, 0.05) is 12.7 Å². The lowest BCUT2D eigenvalue weighted by Crippen LogP contribution is -2.42. The molecule has 8 heteroatoms. The number of rotatable bonds is 7. The molecule has 122 valence electrons. The van der Waals surface area contributed by atoms with Gasteiger partial charge in [-0.05, 0) is 25.0 Å².